The third-order valence-corrected chi connectivity index (χ3v) is 5.63. The molecule has 1 aliphatic heterocycles. The Hall–Kier alpha value is -2.77. The monoisotopic (exact) mass is 430 g/mol. The summed E-state index contributed by atoms with van der Waals surface area (Å²) in [5.41, 5.74) is 2.44. The minimum absolute atomic E-state index is 0.0967. The Labute approximate surface area is 181 Å². The van der Waals surface area contributed by atoms with Crippen molar-refractivity contribution in [3.8, 4) is 11.3 Å². The summed E-state index contributed by atoms with van der Waals surface area (Å²) in [6, 6.07) is 5.78. The molecular weight excluding hydrogens is 402 g/mol. The fraction of sp³-hybridized carbons (Fsp3) is 0.522. The maximum atomic E-state index is 14.4. The summed E-state index contributed by atoms with van der Waals surface area (Å²) in [5.74, 6) is -1.84. The van der Waals surface area contributed by atoms with Gasteiger partial charge >= 0.3 is 6.09 Å². The summed E-state index contributed by atoms with van der Waals surface area (Å²) in [4.78, 5) is 23.1. The number of fused-ring (bicyclic) bond motifs is 1. The van der Waals surface area contributed by atoms with E-state index in [2.05, 4.69) is 35.1 Å². The molecule has 1 N–H and O–H groups in total. The van der Waals surface area contributed by atoms with E-state index in [0.29, 0.717) is 17.2 Å². The van der Waals surface area contributed by atoms with Crippen molar-refractivity contribution in [3.05, 3.63) is 35.5 Å². The highest BCUT2D eigenvalue weighted by atomic mass is 19.3. The number of nitrogens with one attached hydrogen (secondary N) is 1. The lowest BCUT2D eigenvalue weighted by Gasteiger charge is -2.31. The average Bonchev–Trinajstić information content (AvgIpc) is 3.57. The molecule has 0 spiro atoms. The Morgan fingerprint density at radius 2 is 1.94 bits per heavy atom. The van der Waals surface area contributed by atoms with Crippen molar-refractivity contribution in [3.63, 3.8) is 0 Å². The number of carbonyl (C=O) groups is 1. The number of pyridine rings is 2. The van der Waals surface area contributed by atoms with Gasteiger partial charge in [-0.25, -0.2) is 23.5 Å². The first kappa shape index (κ1) is 21.5. The van der Waals surface area contributed by atoms with E-state index in [9.17, 15) is 13.6 Å². The molecule has 2 aromatic rings. The second-order valence-electron chi connectivity index (χ2n) is 8.39. The first-order valence-electron chi connectivity index (χ1n) is 10.9. The van der Waals surface area contributed by atoms with Crippen LogP contribution >= 0.6 is 0 Å². The van der Waals surface area contributed by atoms with Gasteiger partial charge in [0.05, 0.1) is 11.3 Å². The normalized spacial score (nSPS) is 18.2. The smallest absolute Gasteiger partial charge is 0.413 e. The van der Waals surface area contributed by atoms with Gasteiger partial charge in [0, 0.05) is 31.8 Å². The summed E-state index contributed by atoms with van der Waals surface area (Å²) in [6.07, 6.45) is 3.06. The SMILES string of the molecule is CCCN(CCC)c1cc(C2CC2)cc(-c2ccnc3c2[C@H](C(C)(F)F)OC(=O)N3)n1. The quantitative estimate of drug-likeness (QED) is 0.564. The van der Waals surface area contributed by atoms with E-state index >= 15 is 0 Å². The van der Waals surface area contributed by atoms with Crippen LogP contribution in [0.15, 0.2) is 24.4 Å². The van der Waals surface area contributed by atoms with E-state index in [-0.39, 0.29) is 11.4 Å². The van der Waals surface area contributed by atoms with Crippen LogP contribution in [0.25, 0.3) is 11.3 Å². The number of cyclic esters (lactones) is 1. The maximum absolute atomic E-state index is 14.4. The summed E-state index contributed by atoms with van der Waals surface area (Å²) >= 11 is 0. The van der Waals surface area contributed by atoms with E-state index in [1.807, 2.05) is 6.07 Å². The second-order valence-corrected chi connectivity index (χ2v) is 8.39. The van der Waals surface area contributed by atoms with Crippen LogP contribution < -0.4 is 10.2 Å². The van der Waals surface area contributed by atoms with Crippen molar-refractivity contribution < 1.29 is 18.3 Å². The molecular formula is C23H28F2N4O2. The molecule has 1 saturated carbocycles. The van der Waals surface area contributed by atoms with Gasteiger partial charge in [-0.05, 0) is 55.4 Å². The van der Waals surface area contributed by atoms with E-state index < -0.39 is 18.1 Å². The van der Waals surface area contributed by atoms with Gasteiger partial charge in [-0.2, -0.15) is 0 Å². The number of ether oxygens (including phenoxy) is 1. The minimum atomic E-state index is -3.27. The van der Waals surface area contributed by atoms with Crippen LogP contribution in [0.1, 0.15) is 69.6 Å². The van der Waals surface area contributed by atoms with Gasteiger partial charge < -0.3 is 9.64 Å². The number of alkyl halides is 2. The molecule has 1 fully saturated rings. The number of rotatable bonds is 8. The highest BCUT2D eigenvalue weighted by molar-refractivity contribution is 5.89. The molecule has 2 aromatic heterocycles. The zero-order chi connectivity index (χ0) is 22.2. The summed E-state index contributed by atoms with van der Waals surface area (Å²) in [7, 11) is 0. The number of nitrogens with zero attached hydrogens (tertiary/aromatic N) is 3. The highest BCUT2D eigenvalue weighted by Crippen LogP contribution is 2.46. The molecule has 1 aliphatic carbocycles. The van der Waals surface area contributed by atoms with Crippen LogP contribution in [0.5, 0.6) is 0 Å². The van der Waals surface area contributed by atoms with Crippen molar-refractivity contribution in [1.82, 2.24) is 9.97 Å². The predicted molar refractivity (Wildman–Crippen MR) is 116 cm³/mol. The highest BCUT2D eigenvalue weighted by Gasteiger charge is 2.45. The molecule has 1 amide bonds. The summed E-state index contributed by atoms with van der Waals surface area (Å²) < 4.78 is 33.8. The number of amides is 1. The molecule has 4 rings (SSSR count). The van der Waals surface area contributed by atoms with Crippen molar-refractivity contribution in [2.24, 2.45) is 0 Å². The van der Waals surface area contributed by atoms with Gasteiger partial charge in [-0.15, -0.1) is 0 Å². The lowest BCUT2D eigenvalue weighted by atomic mass is 9.95. The van der Waals surface area contributed by atoms with Crippen LogP contribution in [0.3, 0.4) is 0 Å². The summed E-state index contributed by atoms with van der Waals surface area (Å²) in [5, 5.41) is 2.46. The second kappa shape index (κ2) is 8.40. The maximum Gasteiger partial charge on any atom is 0.413 e. The number of halogens is 2. The lowest BCUT2D eigenvalue weighted by molar-refractivity contribution is -0.0984. The van der Waals surface area contributed by atoms with Crippen molar-refractivity contribution in [1.29, 1.82) is 0 Å². The molecule has 31 heavy (non-hydrogen) atoms. The molecule has 6 nitrogen and oxygen atoms in total. The predicted octanol–water partition coefficient (Wildman–Crippen LogP) is 5.91. The van der Waals surface area contributed by atoms with Crippen LogP contribution in [0, 0.1) is 0 Å². The lowest BCUT2D eigenvalue weighted by Crippen LogP contribution is -2.35. The average molecular weight is 430 g/mol. The first-order valence-corrected chi connectivity index (χ1v) is 10.9. The zero-order valence-electron chi connectivity index (χ0n) is 18.1. The molecule has 166 valence electrons. The van der Waals surface area contributed by atoms with E-state index in [4.69, 9.17) is 9.72 Å². The van der Waals surface area contributed by atoms with Gasteiger partial charge in [0.15, 0.2) is 6.10 Å². The van der Waals surface area contributed by atoms with Crippen LogP contribution in [0.2, 0.25) is 0 Å². The standard InChI is InChI=1S/C23H28F2N4O2/c1-4-10-29(11-5-2)18-13-15(14-6-7-14)12-17(27-18)16-8-9-26-21-19(16)20(23(3,24)25)31-22(30)28-21/h8-9,12-14,20H,4-7,10-11H2,1-3H3,(H,26,28,30)/t20-/m1/s1. The van der Waals surface area contributed by atoms with Crippen LogP contribution in [-0.2, 0) is 4.74 Å². The number of hydrogen-bond donors (Lipinski definition) is 1. The van der Waals surface area contributed by atoms with E-state index in [1.165, 1.54) is 11.8 Å². The van der Waals surface area contributed by atoms with Crippen LogP contribution in [-0.4, -0.2) is 35.1 Å². The molecule has 1 atom stereocenters. The van der Waals surface area contributed by atoms with Gasteiger partial charge in [0.1, 0.15) is 11.6 Å². The molecule has 3 heterocycles. The molecule has 0 radical (unpaired) electrons. The Balaban J connectivity index is 1.87. The number of anilines is 2. The van der Waals surface area contributed by atoms with Crippen molar-refractivity contribution >= 4 is 17.7 Å². The molecule has 0 bridgehead atoms. The fourth-order valence-corrected chi connectivity index (χ4v) is 4.08. The van der Waals surface area contributed by atoms with Crippen LogP contribution in [0.4, 0.5) is 25.2 Å². The number of aromatic nitrogens is 2. The topological polar surface area (TPSA) is 67.4 Å². The molecule has 2 aliphatic rings. The molecule has 0 saturated heterocycles. The van der Waals surface area contributed by atoms with Gasteiger partial charge in [0.25, 0.3) is 5.92 Å². The van der Waals surface area contributed by atoms with Gasteiger partial charge in [-0.3, -0.25) is 5.32 Å². The van der Waals surface area contributed by atoms with Crippen molar-refractivity contribution in [2.75, 3.05) is 23.3 Å². The molecule has 8 heteroatoms. The largest absolute Gasteiger partial charge is 0.434 e. The number of carbonyl (C=O) groups excluding carboxylic acids is 1. The molecule has 0 aromatic carbocycles. The first-order chi connectivity index (χ1) is 14.8. The third-order valence-electron chi connectivity index (χ3n) is 5.63. The Morgan fingerprint density at radius 3 is 2.55 bits per heavy atom. The third kappa shape index (κ3) is 4.48. The molecule has 0 unspecified atom stereocenters. The Kier molecular flexibility index (Phi) is 5.81. The summed E-state index contributed by atoms with van der Waals surface area (Å²) in [6.45, 7) is 6.75. The Bertz CT molecular complexity index is 967. The minimum Gasteiger partial charge on any atom is -0.434 e. The fourth-order valence-electron chi connectivity index (χ4n) is 4.08. The van der Waals surface area contributed by atoms with Gasteiger partial charge in [0.2, 0.25) is 0 Å². The van der Waals surface area contributed by atoms with E-state index in [1.54, 1.807) is 6.07 Å². The number of hydrogen-bond acceptors (Lipinski definition) is 5. The van der Waals surface area contributed by atoms with Crippen molar-refractivity contribution in [2.45, 2.75) is 64.4 Å². The zero-order valence-corrected chi connectivity index (χ0v) is 18.1. The van der Waals surface area contributed by atoms with Gasteiger partial charge in [-0.1, -0.05) is 13.8 Å². The van der Waals surface area contributed by atoms with E-state index in [0.717, 1.165) is 51.5 Å². The Morgan fingerprint density at radius 1 is 1.23 bits per heavy atom.